The molecule has 1 aromatic rings. The third-order valence-corrected chi connectivity index (χ3v) is 4.24. The van der Waals surface area contributed by atoms with Gasteiger partial charge in [0.05, 0.1) is 25.9 Å². The second-order valence-corrected chi connectivity index (χ2v) is 7.13. The van der Waals surface area contributed by atoms with Crippen LogP contribution in [0.25, 0.3) is 0 Å². The fourth-order valence-corrected chi connectivity index (χ4v) is 2.42. The maximum atomic E-state index is 12.3. The minimum absolute atomic E-state index is 0.0112. The second kappa shape index (κ2) is 12.8. The van der Waals surface area contributed by atoms with Crippen LogP contribution in [0.5, 0.6) is 11.5 Å². The zero-order valence-electron chi connectivity index (χ0n) is 17.6. The summed E-state index contributed by atoms with van der Waals surface area (Å²) in [7, 11) is 1.50. The van der Waals surface area contributed by atoms with Crippen LogP contribution < -0.4 is 20.1 Å². The molecule has 0 spiro atoms. The topological polar surface area (TPSA) is 152 Å². The largest absolute Gasteiger partial charge is 0.493 e. The number of carbonyl (C=O) groups is 1. The lowest BCUT2D eigenvalue weighted by Crippen LogP contribution is -2.55. The molecule has 0 saturated heterocycles. The van der Waals surface area contributed by atoms with Gasteiger partial charge in [-0.2, -0.15) is 0 Å². The highest BCUT2D eigenvalue weighted by Gasteiger charge is 2.27. The monoisotopic (exact) mass is 429 g/mol. The molecule has 1 unspecified atom stereocenters. The minimum atomic E-state index is -0.938. The van der Waals surface area contributed by atoms with Crippen LogP contribution in [-0.4, -0.2) is 66.3 Å². The lowest BCUT2D eigenvalue weighted by molar-refractivity contribution is -0.757. The molecule has 1 aromatic carbocycles. The van der Waals surface area contributed by atoms with Crippen LogP contribution in [0, 0.1) is 10.1 Å². The SMILES string of the molecule is COc1ccc(CO)cc1OCC(O)CNC(C)(C)C(=O)NCCCCO[N+](=O)[O-]. The first kappa shape index (κ1) is 25.4. The van der Waals surface area contributed by atoms with Gasteiger partial charge in [0.2, 0.25) is 5.91 Å². The van der Waals surface area contributed by atoms with Crippen molar-refractivity contribution in [3.8, 4) is 11.5 Å². The van der Waals surface area contributed by atoms with Crippen LogP contribution in [0.4, 0.5) is 0 Å². The van der Waals surface area contributed by atoms with Crippen LogP contribution in [0.3, 0.4) is 0 Å². The number of nitrogens with zero attached hydrogens (tertiary/aromatic N) is 1. The average Bonchev–Trinajstić information content (AvgIpc) is 2.72. The molecule has 4 N–H and O–H groups in total. The van der Waals surface area contributed by atoms with Crippen molar-refractivity contribution in [1.29, 1.82) is 0 Å². The number of benzene rings is 1. The van der Waals surface area contributed by atoms with Gasteiger partial charge in [0.15, 0.2) is 11.5 Å². The fourth-order valence-electron chi connectivity index (χ4n) is 2.42. The molecule has 1 rings (SSSR count). The zero-order valence-corrected chi connectivity index (χ0v) is 17.6. The second-order valence-electron chi connectivity index (χ2n) is 7.13. The van der Waals surface area contributed by atoms with E-state index in [-0.39, 0.29) is 32.3 Å². The maximum absolute atomic E-state index is 12.3. The Kier molecular flexibility index (Phi) is 10.9. The number of nitrogens with one attached hydrogen (secondary N) is 2. The highest BCUT2D eigenvalue weighted by molar-refractivity contribution is 5.85. The molecule has 0 bridgehead atoms. The van der Waals surface area contributed by atoms with E-state index in [2.05, 4.69) is 15.5 Å². The highest BCUT2D eigenvalue weighted by atomic mass is 16.9. The number of unbranched alkanes of at least 4 members (excludes halogenated alkanes) is 1. The third-order valence-electron chi connectivity index (χ3n) is 4.24. The summed E-state index contributed by atoms with van der Waals surface area (Å²) >= 11 is 0. The Labute approximate surface area is 175 Å². The Balaban J connectivity index is 2.37. The van der Waals surface area contributed by atoms with E-state index in [0.717, 1.165) is 0 Å². The van der Waals surface area contributed by atoms with Gasteiger partial charge in [-0.05, 0) is 44.4 Å². The summed E-state index contributed by atoms with van der Waals surface area (Å²) in [6, 6.07) is 5.01. The Morgan fingerprint density at radius 1 is 1.30 bits per heavy atom. The molecule has 11 nitrogen and oxygen atoms in total. The lowest BCUT2D eigenvalue weighted by Gasteiger charge is -2.26. The van der Waals surface area contributed by atoms with E-state index < -0.39 is 16.7 Å². The number of ether oxygens (including phenoxy) is 2. The molecule has 11 heteroatoms. The predicted octanol–water partition coefficient (Wildman–Crippen LogP) is 0.400. The van der Waals surface area contributed by atoms with Crippen molar-refractivity contribution in [2.24, 2.45) is 0 Å². The fraction of sp³-hybridized carbons (Fsp3) is 0.632. The van der Waals surface area contributed by atoms with Gasteiger partial charge in [-0.15, -0.1) is 10.1 Å². The number of hydrogen-bond donors (Lipinski definition) is 4. The smallest absolute Gasteiger partial charge is 0.294 e. The summed E-state index contributed by atoms with van der Waals surface area (Å²) < 4.78 is 10.8. The molecule has 1 atom stereocenters. The summed E-state index contributed by atoms with van der Waals surface area (Å²) in [6.45, 7) is 3.64. The number of β-amino-alcohol motifs (C(OH)–C–C–N with tert-alkyl or cyclic N) is 1. The number of aliphatic hydroxyl groups excluding tert-OH is 2. The normalized spacial score (nSPS) is 12.2. The van der Waals surface area contributed by atoms with E-state index >= 15 is 0 Å². The van der Waals surface area contributed by atoms with Crippen molar-refractivity contribution < 1.29 is 34.4 Å². The molecule has 0 aliphatic carbocycles. The van der Waals surface area contributed by atoms with Gasteiger partial charge in [-0.1, -0.05) is 6.07 Å². The minimum Gasteiger partial charge on any atom is -0.493 e. The van der Waals surface area contributed by atoms with E-state index in [9.17, 15) is 25.1 Å². The van der Waals surface area contributed by atoms with Crippen molar-refractivity contribution in [2.45, 2.75) is 44.9 Å². The van der Waals surface area contributed by atoms with E-state index in [1.54, 1.807) is 32.0 Å². The molecule has 0 radical (unpaired) electrons. The van der Waals surface area contributed by atoms with Gasteiger partial charge in [-0.3, -0.25) is 4.79 Å². The molecule has 0 aliphatic heterocycles. The Morgan fingerprint density at radius 3 is 2.67 bits per heavy atom. The first-order valence-corrected chi connectivity index (χ1v) is 9.59. The molecule has 0 aromatic heterocycles. The first-order valence-electron chi connectivity index (χ1n) is 9.59. The zero-order chi connectivity index (χ0) is 22.6. The Hall–Kier alpha value is -2.63. The molecule has 1 amide bonds. The molecule has 0 aliphatic rings. The molecule has 30 heavy (non-hydrogen) atoms. The van der Waals surface area contributed by atoms with Crippen molar-refractivity contribution in [3.63, 3.8) is 0 Å². The summed E-state index contributed by atoms with van der Waals surface area (Å²) in [4.78, 5) is 26.5. The van der Waals surface area contributed by atoms with Gasteiger partial charge < -0.3 is 35.2 Å². The third kappa shape index (κ3) is 9.25. The molecular formula is C19H31N3O8. The summed E-state index contributed by atoms with van der Waals surface area (Å²) in [5.41, 5.74) is -0.284. The van der Waals surface area contributed by atoms with Crippen molar-refractivity contribution in [1.82, 2.24) is 10.6 Å². The van der Waals surface area contributed by atoms with Crippen LogP contribution in [0.1, 0.15) is 32.3 Å². The lowest BCUT2D eigenvalue weighted by atomic mass is 10.0. The number of carbonyl (C=O) groups excluding carboxylic acids is 1. The highest BCUT2D eigenvalue weighted by Crippen LogP contribution is 2.28. The van der Waals surface area contributed by atoms with Crippen molar-refractivity contribution in [2.75, 3.05) is 33.4 Å². The van der Waals surface area contributed by atoms with Crippen molar-refractivity contribution >= 4 is 5.91 Å². The van der Waals surface area contributed by atoms with E-state index in [1.165, 1.54) is 7.11 Å². The average molecular weight is 429 g/mol. The van der Waals surface area contributed by atoms with Gasteiger partial charge in [0.1, 0.15) is 12.7 Å². The summed E-state index contributed by atoms with van der Waals surface area (Å²) in [6.07, 6.45) is 0.103. The van der Waals surface area contributed by atoms with Gasteiger partial charge in [-0.25, -0.2) is 0 Å². The van der Waals surface area contributed by atoms with Gasteiger partial charge in [0.25, 0.3) is 5.09 Å². The molecule has 0 saturated carbocycles. The van der Waals surface area contributed by atoms with Gasteiger partial charge in [0, 0.05) is 13.1 Å². The Bertz CT molecular complexity index is 684. The van der Waals surface area contributed by atoms with Gasteiger partial charge >= 0.3 is 0 Å². The number of aliphatic hydroxyl groups is 2. The van der Waals surface area contributed by atoms with Crippen LogP contribution in [-0.2, 0) is 16.2 Å². The maximum Gasteiger partial charge on any atom is 0.294 e. The summed E-state index contributed by atoms with van der Waals surface area (Å²) in [5, 5.41) is 34.3. The van der Waals surface area contributed by atoms with Crippen LogP contribution in [0.2, 0.25) is 0 Å². The number of methoxy groups -OCH3 is 1. The Morgan fingerprint density at radius 2 is 2.03 bits per heavy atom. The van der Waals surface area contributed by atoms with Crippen LogP contribution >= 0.6 is 0 Å². The number of amides is 1. The molecule has 0 fully saturated rings. The number of hydrogen-bond acceptors (Lipinski definition) is 9. The standard InChI is InChI=1S/C19H31N3O8/c1-19(2,18(25)20-8-4-5-9-30-22(26)27)21-11-15(24)13-29-17-10-14(12-23)6-7-16(17)28-3/h6-7,10,15,21,23-24H,4-5,8-9,11-13H2,1-3H3,(H,20,25). The molecule has 0 heterocycles. The molecular weight excluding hydrogens is 398 g/mol. The quantitative estimate of drug-likeness (QED) is 0.176. The van der Waals surface area contributed by atoms with Crippen LogP contribution in [0.15, 0.2) is 18.2 Å². The first-order chi connectivity index (χ1) is 14.2. The molecule has 170 valence electrons. The van der Waals surface area contributed by atoms with E-state index in [1.807, 2.05) is 0 Å². The summed E-state index contributed by atoms with van der Waals surface area (Å²) in [5.74, 6) is 0.625. The van der Waals surface area contributed by atoms with E-state index in [0.29, 0.717) is 36.4 Å². The van der Waals surface area contributed by atoms with E-state index in [4.69, 9.17) is 9.47 Å². The van der Waals surface area contributed by atoms with Crippen molar-refractivity contribution in [3.05, 3.63) is 33.9 Å². The predicted molar refractivity (Wildman–Crippen MR) is 108 cm³/mol. The number of rotatable bonds is 15.